The molecule has 1 aromatic heterocycles. The highest BCUT2D eigenvalue weighted by Gasteiger charge is 2.30. The third-order valence-corrected chi connectivity index (χ3v) is 4.07. The van der Waals surface area contributed by atoms with Crippen molar-refractivity contribution in [2.45, 2.75) is 19.6 Å². The number of carbonyl (C=O) groups is 1. The summed E-state index contributed by atoms with van der Waals surface area (Å²) in [6, 6.07) is 5.57. The fourth-order valence-corrected chi connectivity index (χ4v) is 2.73. The first-order chi connectivity index (χ1) is 13.3. The van der Waals surface area contributed by atoms with Gasteiger partial charge >= 0.3 is 12.2 Å². The van der Waals surface area contributed by atoms with Crippen molar-refractivity contribution in [1.82, 2.24) is 15.3 Å². The monoisotopic (exact) mass is 395 g/mol. The average molecular weight is 395 g/mol. The number of alkyl halides is 3. The molecule has 0 spiro atoms. The van der Waals surface area contributed by atoms with E-state index in [2.05, 4.69) is 20.6 Å². The van der Waals surface area contributed by atoms with Crippen LogP contribution in [-0.2, 0) is 17.5 Å². The summed E-state index contributed by atoms with van der Waals surface area (Å²) in [5.41, 5.74) is 0.590. The van der Waals surface area contributed by atoms with Gasteiger partial charge in [0.15, 0.2) is 0 Å². The third-order valence-electron chi connectivity index (χ3n) is 4.07. The summed E-state index contributed by atoms with van der Waals surface area (Å²) in [6.07, 6.45) is -4.47. The van der Waals surface area contributed by atoms with Gasteiger partial charge in [0, 0.05) is 24.5 Å². The van der Waals surface area contributed by atoms with Crippen molar-refractivity contribution < 1.29 is 22.7 Å². The molecule has 2 aromatic rings. The Morgan fingerprint density at radius 2 is 1.96 bits per heavy atom. The van der Waals surface area contributed by atoms with Crippen molar-refractivity contribution in [1.29, 1.82) is 0 Å². The van der Waals surface area contributed by atoms with Crippen LogP contribution in [0, 0.1) is 6.92 Å². The Labute approximate surface area is 159 Å². The molecule has 28 heavy (non-hydrogen) atoms. The van der Waals surface area contributed by atoms with Crippen molar-refractivity contribution in [2.24, 2.45) is 0 Å². The smallest absolute Gasteiger partial charge is 0.378 e. The highest BCUT2D eigenvalue weighted by Crippen LogP contribution is 2.30. The van der Waals surface area contributed by atoms with Crippen molar-refractivity contribution in [3.05, 3.63) is 47.3 Å². The SMILES string of the molecule is Cc1cc(CNC(=O)Nc2cccc(C(F)(F)F)c2)nc(N2CCOCC2)n1. The maximum atomic E-state index is 12.7. The van der Waals surface area contributed by atoms with E-state index in [4.69, 9.17) is 4.74 Å². The lowest BCUT2D eigenvalue weighted by Gasteiger charge is -2.27. The molecule has 1 aliphatic rings. The fourth-order valence-electron chi connectivity index (χ4n) is 2.73. The molecule has 0 saturated carbocycles. The van der Waals surface area contributed by atoms with E-state index in [1.807, 2.05) is 11.8 Å². The van der Waals surface area contributed by atoms with E-state index < -0.39 is 17.8 Å². The zero-order chi connectivity index (χ0) is 20.1. The Balaban J connectivity index is 1.61. The lowest BCUT2D eigenvalue weighted by molar-refractivity contribution is -0.137. The number of urea groups is 1. The molecule has 0 radical (unpaired) electrons. The minimum absolute atomic E-state index is 0.0557. The molecule has 150 valence electrons. The topological polar surface area (TPSA) is 79.4 Å². The van der Waals surface area contributed by atoms with Gasteiger partial charge in [-0.3, -0.25) is 0 Å². The van der Waals surface area contributed by atoms with Gasteiger partial charge in [-0.15, -0.1) is 0 Å². The number of nitrogens with one attached hydrogen (secondary N) is 2. The second-order valence-electron chi connectivity index (χ2n) is 6.29. The van der Waals surface area contributed by atoms with Crippen LogP contribution in [-0.4, -0.2) is 42.3 Å². The van der Waals surface area contributed by atoms with Gasteiger partial charge in [0.25, 0.3) is 0 Å². The van der Waals surface area contributed by atoms with Crippen LogP contribution in [0.5, 0.6) is 0 Å². The Morgan fingerprint density at radius 3 is 2.68 bits per heavy atom. The number of morpholine rings is 1. The minimum Gasteiger partial charge on any atom is -0.378 e. The molecule has 0 bridgehead atoms. The zero-order valence-electron chi connectivity index (χ0n) is 15.2. The van der Waals surface area contributed by atoms with Crippen LogP contribution in [0.1, 0.15) is 17.0 Å². The van der Waals surface area contributed by atoms with Crippen LogP contribution in [0.4, 0.5) is 29.6 Å². The lowest BCUT2D eigenvalue weighted by atomic mass is 10.2. The van der Waals surface area contributed by atoms with Gasteiger partial charge in [-0.2, -0.15) is 13.2 Å². The average Bonchev–Trinajstić information content (AvgIpc) is 2.66. The van der Waals surface area contributed by atoms with Gasteiger partial charge in [0.05, 0.1) is 31.0 Å². The molecule has 0 aliphatic carbocycles. The minimum atomic E-state index is -4.47. The molecule has 2 amide bonds. The predicted molar refractivity (Wildman–Crippen MR) is 97.1 cm³/mol. The highest BCUT2D eigenvalue weighted by atomic mass is 19.4. The van der Waals surface area contributed by atoms with E-state index >= 15 is 0 Å². The van der Waals surface area contributed by atoms with E-state index in [9.17, 15) is 18.0 Å². The van der Waals surface area contributed by atoms with E-state index in [0.29, 0.717) is 37.9 Å². The van der Waals surface area contributed by atoms with Crippen LogP contribution >= 0.6 is 0 Å². The molecule has 7 nitrogen and oxygen atoms in total. The number of hydrogen-bond acceptors (Lipinski definition) is 5. The number of anilines is 2. The molecule has 2 heterocycles. The number of rotatable bonds is 4. The van der Waals surface area contributed by atoms with Crippen LogP contribution in [0.3, 0.4) is 0 Å². The maximum Gasteiger partial charge on any atom is 0.416 e. The van der Waals surface area contributed by atoms with E-state index in [0.717, 1.165) is 17.8 Å². The number of amides is 2. The predicted octanol–water partition coefficient (Wildman–Crippen LogP) is 2.96. The number of nitrogens with zero attached hydrogens (tertiary/aromatic N) is 3. The van der Waals surface area contributed by atoms with Gasteiger partial charge in [-0.05, 0) is 31.2 Å². The van der Waals surface area contributed by atoms with Crippen molar-refractivity contribution >= 4 is 17.7 Å². The molecule has 1 aliphatic heterocycles. The van der Waals surface area contributed by atoms with Gasteiger partial charge < -0.3 is 20.3 Å². The van der Waals surface area contributed by atoms with Crippen molar-refractivity contribution in [2.75, 3.05) is 36.5 Å². The summed E-state index contributed by atoms with van der Waals surface area (Å²) in [5, 5.41) is 5.00. The number of aromatic nitrogens is 2. The van der Waals surface area contributed by atoms with Gasteiger partial charge in [0.2, 0.25) is 5.95 Å². The molecular formula is C18H20F3N5O2. The first-order valence-corrected chi connectivity index (χ1v) is 8.70. The van der Waals surface area contributed by atoms with Crippen LogP contribution < -0.4 is 15.5 Å². The summed E-state index contributed by atoms with van der Waals surface area (Å²) in [6.45, 7) is 4.52. The second kappa shape index (κ2) is 8.42. The largest absolute Gasteiger partial charge is 0.416 e. The summed E-state index contributed by atoms with van der Waals surface area (Å²) >= 11 is 0. The first-order valence-electron chi connectivity index (χ1n) is 8.70. The number of ether oxygens (including phenoxy) is 1. The summed E-state index contributed by atoms with van der Waals surface area (Å²) in [5.74, 6) is 0.568. The molecule has 1 aromatic carbocycles. The molecule has 0 unspecified atom stereocenters. The fraction of sp³-hybridized carbons (Fsp3) is 0.389. The Morgan fingerprint density at radius 1 is 1.21 bits per heavy atom. The molecule has 10 heteroatoms. The Bertz CT molecular complexity index is 838. The molecular weight excluding hydrogens is 375 g/mol. The quantitative estimate of drug-likeness (QED) is 0.832. The van der Waals surface area contributed by atoms with Crippen molar-refractivity contribution in [3.8, 4) is 0 Å². The number of hydrogen-bond donors (Lipinski definition) is 2. The van der Waals surface area contributed by atoms with Crippen LogP contribution in [0.15, 0.2) is 30.3 Å². The number of halogens is 3. The normalized spacial score (nSPS) is 14.6. The number of aryl methyl sites for hydroxylation is 1. The van der Waals surface area contributed by atoms with E-state index in [-0.39, 0.29) is 12.2 Å². The van der Waals surface area contributed by atoms with Gasteiger partial charge in [-0.25, -0.2) is 14.8 Å². The maximum absolute atomic E-state index is 12.7. The standard InChI is InChI=1S/C18H20F3N5O2/c1-12-9-15(24-16(23-12)26-5-7-28-8-6-26)11-22-17(27)25-14-4-2-3-13(10-14)18(19,20)21/h2-4,9-10H,5-8,11H2,1H3,(H2,22,25,27). The zero-order valence-corrected chi connectivity index (χ0v) is 15.2. The lowest BCUT2D eigenvalue weighted by Crippen LogP contribution is -2.37. The van der Waals surface area contributed by atoms with Gasteiger partial charge in [0.1, 0.15) is 0 Å². The molecule has 1 saturated heterocycles. The van der Waals surface area contributed by atoms with Gasteiger partial charge in [-0.1, -0.05) is 6.07 Å². The van der Waals surface area contributed by atoms with Crippen LogP contribution in [0.25, 0.3) is 0 Å². The Hall–Kier alpha value is -2.88. The Kier molecular flexibility index (Phi) is 5.98. The molecule has 0 atom stereocenters. The molecule has 1 fully saturated rings. The summed E-state index contributed by atoms with van der Waals surface area (Å²) in [7, 11) is 0. The molecule has 2 N–H and O–H groups in total. The highest BCUT2D eigenvalue weighted by molar-refractivity contribution is 5.89. The third kappa shape index (κ3) is 5.32. The summed E-state index contributed by atoms with van der Waals surface area (Å²) in [4.78, 5) is 22.9. The van der Waals surface area contributed by atoms with E-state index in [1.165, 1.54) is 12.1 Å². The van der Waals surface area contributed by atoms with Crippen molar-refractivity contribution in [3.63, 3.8) is 0 Å². The molecule has 3 rings (SSSR count). The van der Waals surface area contributed by atoms with E-state index in [1.54, 1.807) is 6.07 Å². The number of benzene rings is 1. The second-order valence-corrected chi connectivity index (χ2v) is 6.29. The number of carbonyl (C=O) groups excluding carboxylic acids is 1. The van der Waals surface area contributed by atoms with Crippen LogP contribution in [0.2, 0.25) is 0 Å². The first kappa shape index (κ1) is 19.9. The summed E-state index contributed by atoms with van der Waals surface area (Å²) < 4.78 is 43.6.